The van der Waals surface area contributed by atoms with Gasteiger partial charge in [0.15, 0.2) is 5.16 Å². The molecule has 0 spiro atoms. The molecule has 3 nitrogen and oxygen atoms in total. The molecule has 1 aliphatic heterocycles. The zero-order valence-electron chi connectivity index (χ0n) is 11.3. The smallest absolute Gasteiger partial charge is 0.293 e. The van der Waals surface area contributed by atoms with Crippen LogP contribution in [0.1, 0.15) is 19.4 Å². The Bertz CT molecular complexity index is 726. The first-order valence-electron chi connectivity index (χ1n) is 6.22. The van der Waals surface area contributed by atoms with Gasteiger partial charge < -0.3 is 0 Å². The van der Waals surface area contributed by atoms with Gasteiger partial charge in [-0.15, -0.1) is 0 Å². The van der Waals surface area contributed by atoms with Gasteiger partial charge in [-0.05, 0) is 38.1 Å². The van der Waals surface area contributed by atoms with Gasteiger partial charge in [-0.2, -0.15) is 17.5 Å². The molecular formula is C13H12F3N3S2. The average Bonchev–Trinajstić information content (AvgIpc) is 2.86. The molecule has 1 aromatic heterocycles. The number of hydrogen-bond donors (Lipinski definition) is 0. The summed E-state index contributed by atoms with van der Waals surface area (Å²) in [4.78, 5) is 5.11. The number of halogens is 3. The lowest BCUT2D eigenvalue weighted by Gasteiger charge is -2.12. The SMILES string of the molecule is CC1(C)Cn2c(nsc2=Nc2ccc(C(F)(F)F)cc2)S1. The van der Waals surface area contributed by atoms with Gasteiger partial charge in [0.1, 0.15) is 0 Å². The number of rotatable bonds is 1. The molecule has 2 heterocycles. The topological polar surface area (TPSA) is 30.2 Å². The number of alkyl halides is 3. The van der Waals surface area contributed by atoms with Gasteiger partial charge in [-0.25, -0.2) is 4.99 Å². The fraction of sp³-hybridized carbons (Fsp3) is 0.385. The van der Waals surface area contributed by atoms with Crippen LogP contribution in [0.15, 0.2) is 34.4 Å². The van der Waals surface area contributed by atoms with Crippen molar-refractivity contribution in [3.05, 3.63) is 34.6 Å². The van der Waals surface area contributed by atoms with E-state index >= 15 is 0 Å². The maximum Gasteiger partial charge on any atom is 0.416 e. The van der Waals surface area contributed by atoms with Crippen molar-refractivity contribution in [3.8, 4) is 0 Å². The molecule has 1 aliphatic rings. The lowest BCUT2D eigenvalue weighted by atomic mass is 10.2. The predicted octanol–water partition coefficient (Wildman–Crippen LogP) is 4.08. The molecule has 0 atom stereocenters. The third kappa shape index (κ3) is 3.01. The van der Waals surface area contributed by atoms with Crippen molar-refractivity contribution >= 4 is 29.0 Å². The zero-order valence-corrected chi connectivity index (χ0v) is 12.9. The van der Waals surface area contributed by atoms with Crippen LogP contribution in [0.25, 0.3) is 0 Å². The number of hydrogen-bond acceptors (Lipinski definition) is 4. The highest BCUT2D eigenvalue weighted by Gasteiger charge is 2.32. The standard InChI is InChI=1S/C13H12F3N3S2/c1-12(2)7-19-10(21-18-11(19)20-12)17-9-5-3-8(4-6-9)13(14,15)16/h3-6H,7H2,1-2H3. The van der Waals surface area contributed by atoms with E-state index in [4.69, 9.17) is 0 Å². The molecule has 0 amide bonds. The average molecular weight is 331 g/mol. The molecule has 0 radical (unpaired) electrons. The quantitative estimate of drug-likeness (QED) is 0.788. The van der Waals surface area contributed by atoms with Gasteiger partial charge in [-0.3, -0.25) is 4.57 Å². The van der Waals surface area contributed by atoms with Crippen molar-refractivity contribution < 1.29 is 13.2 Å². The number of nitrogens with zero attached hydrogens (tertiary/aromatic N) is 3. The molecule has 0 saturated carbocycles. The van der Waals surface area contributed by atoms with Crippen LogP contribution in [0.5, 0.6) is 0 Å². The van der Waals surface area contributed by atoms with E-state index in [1.54, 1.807) is 11.8 Å². The number of thioether (sulfide) groups is 1. The van der Waals surface area contributed by atoms with Gasteiger partial charge in [0.25, 0.3) is 0 Å². The third-order valence-corrected chi connectivity index (χ3v) is 5.02. The Morgan fingerprint density at radius 1 is 1.24 bits per heavy atom. The Morgan fingerprint density at radius 3 is 2.52 bits per heavy atom. The maximum absolute atomic E-state index is 12.5. The Balaban J connectivity index is 1.94. The molecule has 0 bridgehead atoms. The minimum Gasteiger partial charge on any atom is -0.293 e. The minimum atomic E-state index is -4.32. The summed E-state index contributed by atoms with van der Waals surface area (Å²) in [5, 5.41) is 0.913. The molecule has 0 unspecified atom stereocenters. The van der Waals surface area contributed by atoms with Gasteiger partial charge in [-0.1, -0.05) is 11.8 Å². The molecule has 0 fully saturated rings. The van der Waals surface area contributed by atoms with E-state index in [-0.39, 0.29) is 4.75 Å². The van der Waals surface area contributed by atoms with Crippen LogP contribution < -0.4 is 4.80 Å². The second-order valence-corrected chi connectivity index (χ2v) is 7.76. The summed E-state index contributed by atoms with van der Waals surface area (Å²) in [7, 11) is 0. The number of benzene rings is 1. The summed E-state index contributed by atoms with van der Waals surface area (Å²) < 4.78 is 44.0. The van der Waals surface area contributed by atoms with Crippen LogP contribution in [0.3, 0.4) is 0 Å². The largest absolute Gasteiger partial charge is 0.416 e. The van der Waals surface area contributed by atoms with Crippen LogP contribution in [0.4, 0.5) is 18.9 Å². The Hall–Kier alpha value is -1.28. The lowest BCUT2D eigenvalue weighted by Crippen LogP contribution is -2.21. The first-order valence-corrected chi connectivity index (χ1v) is 7.81. The van der Waals surface area contributed by atoms with Crippen LogP contribution in [-0.2, 0) is 12.7 Å². The molecule has 112 valence electrons. The summed E-state index contributed by atoms with van der Waals surface area (Å²) in [6.45, 7) is 5.04. The fourth-order valence-electron chi connectivity index (χ4n) is 2.05. The highest BCUT2D eigenvalue weighted by atomic mass is 32.2. The number of fused-ring (bicyclic) bond motifs is 1. The van der Waals surface area contributed by atoms with Crippen LogP contribution in [0, 0.1) is 0 Å². The normalized spacial score (nSPS) is 18.0. The van der Waals surface area contributed by atoms with Gasteiger partial charge in [0.05, 0.1) is 11.3 Å². The molecule has 3 rings (SSSR count). The van der Waals surface area contributed by atoms with Crippen molar-refractivity contribution in [2.45, 2.75) is 36.5 Å². The van der Waals surface area contributed by atoms with E-state index in [0.29, 0.717) is 10.5 Å². The van der Waals surface area contributed by atoms with E-state index < -0.39 is 11.7 Å². The van der Waals surface area contributed by atoms with Crippen LogP contribution in [0.2, 0.25) is 0 Å². The van der Waals surface area contributed by atoms with Gasteiger partial charge in [0, 0.05) is 22.8 Å². The molecule has 2 aromatic rings. The van der Waals surface area contributed by atoms with E-state index in [1.165, 1.54) is 23.7 Å². The first-order chi connectivity index (χ1) is 9.74. The molecule has 0 saturated heterocycles. The molecule has 0 aliphatic carbocycles. The third-order valence-electron chi connectivity index (χ3n) is 2.99. The van der Waals surface area contributed by atoms with Crippen molar-refractivity contribution in [1.29, 1.82) is 0 Å². The predicted molar refractivity (Wildman–Crippen MR) is 76.7 cm³/mol. The monoisotopic (exact) mass is 331 g/mol. The maximum atomic E-state index is 12.5. The molecular weight excluding hydrogens is 319 g/mol. The molecule has 1 aromatic carbocycles. The van der Waals surface area contributed by atoms with Crippen LogP contribution >= 0.6 is 23.3 Å². The number of aromatic nitrogens is 2. The summed E-state index contributed by atoms with van der Waals surface area (Å²) in [5.74, 6) is 0. The van der Waals surface area contributed by atoms with Gasteiger partial charge >= 0.3 is 6.18 Å². The summed E-state index contributed by atoms with van der Waals surface area (Å²) in [5.41, 5.74) is -0.169. The zero-order chi connectivity index (χ0) is 15.3. The van der Waals surface area contributed by atoms with Crippen molar-refractivity contribution in [2.24, 2.45) is 4.99 Å². The Labute approximate surface area is 127 Å². The second kappa shape index (κ2) is 4.88. The van der Waals surface area contributed by atoms with E-state index in [1.807, 2.05) is 4.57 Å². The molecule has 8 heteroatoms. The van der Waals surface area contributed by atoms with Crippen molar-refractivity contribution in [2.75, 3.05) is 0 Å². The van der Waals surface area contributed by atoms with Crippen molar-refractivity contribution in [3.63, 3.8) is 0 Å². The van der Waals surface area contributed by atoms with Crippen molar-refractivity contribution in [1.82, 2.24) is 8.94 Å². The highest BCUT2D eigenvalue weighted by Crippen LogP contribution is 2.38. The highest BCUT2D eigenvalue weighted by molar-refractivity contribution is 8.00. The van der Waals surface area contributed by atoms with E-state index in [9.17, 15) is 13.2 Å². The second-order valence-electron chi connectivity index (χ2n) is 5.35. The van der Waals surface area contributed by atoms with E-state index in [0.717, 1.165) is 23.8 Å². The Morgan fingerprint density at radius 2 is 1.90 bits per heavy atom. The molecule has 21 heavy (non-hydrogen) atoms. The lowest BCUT2D eigenvalue weighted by molar-refractivity contribution is -0.137. The first kappa shape index (κ1) is 14.6. The van der Waals surface area contributed by atoms with Crippen LogP contribution in [-0.4, -0.2) is 13.7 Å². The fourth-order valence-corrected chi connectivity index (χ4v) is 3.97. The summed E-state index contributed by atoms with van der Waals surface area (Å²) in [6.07, 6.45) is -4.32. The Kier molecular flexibility index (Phi) is 3.40. The summed E-state index contributed by atoms with van der Waals surface area (Å²) in [6, 6.07) is 4.85. The van der Waals surface area contributed by atoms with E-state index in [2.05, 4.69) is 23.2 Å². The summed E-state index contributed by atoms with van der Waals surface area (Å²) >= 11 is 2.94. The minimum absolute atomic E-state index is 0.0702. The van der Waals surface area contributed by atoms with Gasteiger partial charge in [0.2, 0.25) is 4.80 Å². The molecule has 0 N–H and O–H groups in total.